The largest absolute Gasteiger partial charge is 0.354 e. The molecule has 1 aromatic rings. The van der Waals surface area contributed by atoms with E-state index in [9.17, 15) is 9.59 Å². The third-order valence-electron chi connectivity index (χ3n) is 2.66. The van der Waals surface area contributed by atoms with E-state index in [1.54, 1.807) is 13.0 Å². The zero-order valence-electron chi connectivity index (χ0n) is 9.86. The van der Waals surface area contributed by atoms with Crippen molar-refractivity contribution in [3.8, 4) is 0 Å². The molecule has 0 radical (unpaired) electrons. The van der Waals surface area contributed by atoms with Gasteiger partial charge in [0.25, 0.3) is 5.91 Å². The molecule has 1 aromatic heterocycles. The summed E-state index contributed by atoms with van der Waals surface area (Å²) in [5.74, 6) is -0.287. The van der Waals surface area contributed by atoms with Gasteiger partial charge in [0.2, 0.25) is 11.2 Å². The molecule has 0 spiro atoms. The maximum Gasteiger partial charge on any atom is 0.270 e. The van der Waals surface area contributed by atoms with E-state index in [0.717, 1.165) is 0 Å². The first-order chi connectivity index (χ1) is 8.54. The fourth-order valence-corrected chi connectivity index (χ4v) is 1.99. The van der Waals surface area contributed by atoms with Crippen molar-refractivity contribution >= 4 is 23.4 Å². The number of nitrogens with one attached hydrogen (secondary N) is 2. The lowest BCUT2D eigenvalue weighted by molar-refractivity contribution is -0.122. The van der Waals surface area contributed by atoms with E-state index in [1.165, 1.54) is 0 Å². The van der Waals surface area contributed by atoms with E-state index in [0.29, 0.717) is 25.1 Å². The molecular weight excluding hydrogens is 256 g/mol. The lowest BCUT2D eigenvalue weighted by Crippen LogP contribution is -2.47. The van der Waals surface area contributed by atoms with Crippen LogP contribution in [0.15, 0.2) is 6.07 Å². The van der Waals surface area contributed by atoms with Crippen molar-refractivity contribution in [2.45, 2.75) is 25.8 Å². The number of hydrogen-bond acceptors (Lipinski definition) is 4. The maximum atomic E-state index is 11.9. The molecule has 2 heterocycles. The highest BCUT2D eigenvalue weighted by molar-refractivity contribution is 6.28. The molecule has 6 nitrogen and oxygen atoms in total. The van der Waals surface area contributed by atoms with Gasteiger partial charge >= 0.3 is 0 Å². The average Bonchev–Trinajstić information content (AvgIpc) is 2.31. The first kappa shape index (κ1) is 12.8. The summed E-state index contributed by atoms with van der Waals surface area (Å²) in [5.41, 5.74) is 0.876. The monoisotopic (exact) mass is 268 g/mol. The number of carbonyl (C=O) groups is 2. The average molecular weight is 269 g/mol. The molecule has 0 bridgehead atoms. The van der Waals surface area contributed by atoms with Gasteiger partial charge in [-0.25, -0.2) is 9.97 Å². The Morgan fingerprint density at radius 1 is 1.56 bits per heavy atom. The highest BCUT2D eigenvalue weighted by atomic mass is 35.5. The van der Waals surface area contributed by atoms with Crippen molar-refractivity contribution < 1.29 is 9.59 Å². The summed E-state index contributed by atoms with van der Waals surface area (Å²) in [6, 6.07) is 1.51. The number of aryl methyl sites for hydroxylation is 1. The van der Waals surface area contributed by atoms with Crippen molar-refractivity contribution in [1.82, 2.24) is 20.6 Å². The summed E-state index contributed by atoms with van der Waals surface area (Å²) in [6.07, 6.45) is 1.06. The van der Waals surface area contributed by atoms with Crippen LogP contribution in [-0.4, -0.2) is 34.4 Å². The lowest BCUT2D eigenvalue weighted by atomic mass is 10.1. The number of nitrogens with zero attached hydrogens (tertiary/aromatic N) is 2. The van der Waals surface area contributed by atoms with Crippen LogP contribution in [0.4, 0.5) is 0 Å². The molecule has 0 saturated carbocycles. The molecular formula is C11H13ClN4O2. The van der Waals surface area contributed by atoms with Crippen LogP contribution in [-0.2, 0) is 4.79 Å². The topological polar surface area (TPSA) is 84.0 Å². The van der Waals surface area contributed by atoms with Crippen LogP contribution in [0.2, 0.25) is 5.28 Å². The molecule has 96 valence electrons. The molecule has 1 atom stereocenters. The van der Waals surface area contributed by atoms with Gasteiger partial charge in [0.15, 0.2) is 0 Å². The van der Waals surface area contributed by atoms with Gasteiger partial charge in [0.1, 0.15) is 5.69 Å². The Kier molecular flexibility index (Phi) is 3.76. The normalized spacial score (nSPS) is 19.2. The number of piperidine rings is 1. The molecule has 0 aromatic carbocycles. The number of hydrogen-bond donors (Lipinski definition) is 2. The Labute approximate surface area is 109 Å². The smallest absolute Gasteiger partial charge is 0.270 e. The van der Waals surface area contributed by atoms with Crippen molar-refractivity contribution in [1.29, 1.82) is 0 Å². The van der Waals surface area contributed by atoms with Gasteiger partial charge in [-0.2, -0.15) is 0 Å². The molecule has 1 aliphatic heterocycles. The SMILES string of the molecule is Cc1cc(C(=O)NC2CCC(=O)NC2)nc(Cl)n1. The molecule has 18 heavy (non-hydrogen) atoms. The van der Waals surface area contributed by atoms with Crippen molar-refractivity contribution in [3.63, 3.8) is 0 Å². The van der Waals surface area contributed by atoms with Gasteiger partial charge in [-0.15, -0.1) is 0 Å². The third-order valence-corrected chi connectivity index (χ3v) is 2.83. The minimum Gasteiger partial charge on any atom is -0.354 e. The summed E-state index contributed by atoms with van der Waals surface area (Å²) in [5, 5.41) is 5.56. The standard InChI is InChI=1S/C11H13ClN4O2/c1-6-4-8(16-11(12)14-6)10(18)15-7-2-3-9(17)13-5-7/h4,7H,2-3,5H2,1H3,(H,13,17)(H,15,18). The van der Waals surface area contributed by atoms with Crippen LogP contribution >= 0.6 is 11.6 Å². The second kappa shape index (κ2) is 5.30. The number of halogens is 1. The molecule has 2 amide bonds. The van der Waals surface area contributed by atoms with Gasteiger partial charge < -0.3 is 10.6 Å². The summed E-state index contributed by atoms with van der Waals surface area (Å²) < 4.78 is 0. The summed E-state index contributed by atoms with van der Waals surface area (Å²) in [7, 11) is 0. The number of amides is 2. The van der Waals surface area contributed by atoms with Crippen molar-refractivity contribution in [2.24, 2.45) is 0 Å². The second-order valence-corrected chi connectivity index (χ2v) is 4.51. The minimum absolute atomic E-state index is 0.0152. The molecule has 1 unspecified atom stereocenters. The van der Waals surface area contributed by atoms with Crippen LogP contribution in [0.5, 0.6) is 0 Å². The highest BCUT2D eigenvalue weighted by Crippen LogP contribution is 2.07. The van der Waals surface area contributed by atoms with Gasteiger partial charge in [-0.3, -0.25) is 9.59 Å². The van der Waals surface area contributed by atoms with E-state index < -0.39 is 0 Å². The van der Waals surface area contributed by atoms with E-state index in [4.69, 9.17) is 11.6 Å². The Hall–Kier alpha value is -1.69. The zero-order chi connectivity index (χ0) is 13.1. The summed E-state index contributed by atoms with van der Waals surface area (Å²) >= 11 is 5.70. The van der Waals surface area contributed by atoms with E-state index >= 15 is 0 Å². The van der Waals surface area contributed by atoms with Gasteiger partial charge in [0, 0.05) is 24.7 Å². The first-order valence-corrected chi connectivity index (χ1v) is 6.01. The molecule has 7 heteroatoms. The van der Waals surface area contributed by atoms with Crippen LogP contribution in [0, 0.1) is 6.92 Å². The lowest BCUT2D eigenvalue weighted by Gasteiger charge is -2.23. The summed E-state index contributed by atoms with van der Waals surface area (Å²) in [4.78, 5) is 30.7. The molecule has 1 fully saturated rings. The van der Waals surface area contributed by atoms with E-state index in [2.05, 4.69) is 20.6 Å². The van der Waals surface area contributed by atoms with E-state index in [-0.39, 0.29) is 28.8 Å². The number of aromatic nitrogens is 2. The van der Waals surface area contributed by atoms with Crippen LogP contribution in [0.3, 0.4) is 0 Å². The van der Waals surface area contributed by atoms with Crippen LogP contribution < -0.4 is 10.6 Å². The van der Waals surface area contributed by atoms with Crippen molar-refractivity contribution in [3.05, 3.63) is 22.7 Å². The molecule has 1 saturated heterocycles. The quantitative estimate of drug-likeness (QED) is 0.763. The highest BCUT2D eigenvalue weighted by Gasteiger charge is 2.21. The fourth-order valence-electron chi connectivity index (χ4n) is 1.76. The zero-order valence-corrected chi connectivity index (χ0v) is 10.6. The number of carbonyl (C=O) groups excluding carboxylic acids is 2. The Bertz CT molecular complexity index is 462. The van der Waals surface area contributed by atoms with Gasteiger partial charge in [-0.05, 0) is 31.0 Å². The Morgan fingerprint density at radius 3 is 2.94 bits per heavy atom. The summed E-state index contributed by atoms with van der Waals surface area (Å²) in [6.45, 7) is 2.19. The molecule has 0 aliphatic carbocycles. The molecule has 1 aliphatic rings. The molecule has 2 N–H and O–H groups in total. The van der Waals surface area contributed by atoms with Crippen molar-refractivity contribution in [2.75, 3.05) is 6.54 Å². The maximum absolute atomic E-state index is 11.9. The predicted molar refractivity (Wildman–Crippen MR) is 65.3 cm³/mol. The third kappa shape index (κ3) is 3.16. The van der Waals surface area contributed by atoms with Gasteiger partial charge in [-0.1, -0.05) is 0 Å². The van der Waals surface area contributed by atoms with Crippen LogP contribution in [0.1, 0.15) is 29.0 Å². The second-order valence-electron chi connectivity index (χ2n) is 4.18. The Balaban J connectivity index is 2.01. The minimum atomic E-state index is -0.302. The molecule has 2 rings (SSSR count). The fraction of sp³-hybridized carbons (Fsp3) is 0.455. The van der Waals surface area contributed by atoms with Gasteiger partial charge in [0.05, 0.1) is 0 Å². The first-order valence-electron chi connectivity index (χ1n) is 5.63. The number of rotatable bonds is 2. The van der Waals surface area contributed by atoms with Crippen LogP contribution in [0.25, 0.3) is 0 Å². The predicted octanol–water partition coefficient (Wildman–Crippen LogP) is 0.447. The Morgan fingerprint density at radius 2 is 2.33 bits per heavy atom. The van der Waals surface area contributed by atoms with E-state index in [1.807, 2.05) is 0 Å².